The molecule has 3 aromatic carbocycles. The normalized spacial score (nSPS) is 12.3. The van der Waals surface area contributed by atoms with Gasteiger partial charge in [0, 0.05) is 29.1 Å². The average Bonchev–Trinajstić information content (AvgIpc) is 3.19. The van der Waals surface area contributed by atoms with E-state index in [2.05, 4.69) is 9.72 Å². The van der Waals surface area contributed by atoms with Crippen LogP contribution >= 0.6 is 11.6 Å². The fourth-order valence-corrected chi connectivity index (χ4v) is 4.42. The van der Waals surface area contributed by atoms with Gasteiger partial charge in [0.2, 0.25) is 10.0 Å². The average molecular weight is 538 g/mol. The molecule has 0 unspecified atom stereocenters. The lowest BCUT2D eigenvalue weighted by atomic mass is 9.99. The van der Waals surface area contributed by atoms with Gasteiger partial charge in [0.05, 0.1) is 41.5 Å². The molecule has 0 saturated heterocycles. The Bertz CT molecular complexity index is 1640. The van der Waals surface area contributed by atoms with Crippen molar-refractivity contribution in [1.82, 2.24) is 4.98 Å². The number of H-pyrrole nitrogens is 1. The van der Waals surface area contributed by atoms with Crippen LogP contribution in [-0.4, -0.2) is 50.6 Å². The van der Waals surface area contributed by atoms with Gasteiger partial charge in [0.25, 0.3) is 0 Å². The number of benzene rings is 3. The number of aromatic hydroxyl groups is 1. The largest absolute Gasteiger partial charge is 0.494 e. The summed E-state index contributed by atoms with van der Waals surface area (Å²) in [4.78, 5) is 19.4. The summed E-state index contributed by atoms with van der Waals surface area (Å²) in [5, 5.41) is 12.1. The summed E-state index contributed by atoms with van der Waals surface area (Å²) in [6.45, 7) is 0. The van der Waals surface area contributed by atoms with Crippen molar-refractivity contribution >= 4 is 61.7 Å². The lowest BCUT2D eigenvalue weighted by Crippen LogP contribution is -2.24. The molecule has 0 bridgehead atoms. The van der Waals surface area contributed by atoms with Gasteiger partial charge in [0.1, 0.15) is 0 Å². The highest BCUT2D eigenvalue weighted by atomic mass is 35.5. The second-order valence-corrected chi connectivity index (χ2v) is 10.7. The van der Waals surface area contributed by atoms with Crippen LogP contribution in [0.3, 0.4) is 0 Å². The van der Waals surface area contributed by atoms with Crippen LogP contribution in [0.25, 0.3) is 17.0 Å². The minimum absolute atomic E-state index is 0.0834. The van der Waals surface area contributed by atoms with Gasteiger partial charge in [-0.3, -0.25) is 4.31 Å². The molecule has 0 aliphatic rings. The van der Waals surface area contributed by atoms with Crippen LogP contribution in [0.4, 0.5) is 11.4 Å². The van der Waals surface area contributed by atoms with Crippen molar-refractivity contribution in [3.8, 4) is 5.88 Å². The lowest BCUT2D eigenvalue weighted by molar-refractivity contribution is -0.134. The summed E-state index contributed by atoms with van der Waals surface area (Å²) in [7, 11) is -0.634. The third kappa shape index (κ3) is 5.84. The number of aliphatic imine (C=N–C) groups is 1. The summed E-state index contributed by atoms with van der Waals surface area (Å²) in [6.07, 6.45) is 4.07. The Morgan fingerprint density at radius 2 is 1.84 bits per heavy atom. The highest BCUT2D eigenvalue weighted by Crippen LogP contribution is 2.33. The van der Waals surface area contributed by atoms with E-state index >= 15 is 0 Å². The smallest absolute Gasteiger partial charge is 0.330 e. The second kappa shape index (κ2) is 10.5. The molecule has 0 atom stereocenters. The zero-order valence-electron chi connectivity index (χ0n) is 20.3. The van der Waals surface area contributed by atoms with Gasteiger partial charge in [-0.05, 0) is 54.1 Å². The molecule has 4 rings (SSSR count). The van der Waals surface area contributed by atoms with Crippen molar-refractivity contribution in [3.63, 3.8) is 0 Å². The Kier molecular flexibility index (Phi) is 7.37. The predicted molar refractivity (Wildman–Crippen MR) is 147 cm³/mol. The number of methoxy groups -OCH3 is 1. The van der Waals surface area contributed by atoms with Gasteiger partial charge in [-0.15, -0.1) is 0 Å². The first-order valence-electron chi connectivity index (χ1n) is 11.1. The van der Waals surface area contributed by atoms with E-state index in [1.165, 1.54) is 24.5 Å². The first kappa shape index (κ1) is 26.0. The van der Waals surface area contributed by atoms with Crippen LogP contribution in [0.15, 0.2) is 77.8 Å². The molecule has 0 saturated carbocycles. The highest BCUT2D eigenvalue weighted by molar-refractivity contribution is 7.92. The minimum Gasteiger partial charge on any atom is -0.494 e. The van der Waals surface area contributed by atoms with Gasteiger partial charge in [-0.1, -0.05) is 35.9 Å². The molecule has 8 nitrogen and oxygen atoms in total. The maximum Gasteiger partial charge on any atom is 0.330 e. The summed E-state index contributed by atoms with van der Waals surface area (Å²) < 4.78 is 29.6. The number of nitrogens with zero attached hydrogens (tertiary/aromatic N) is 2. The van der Waals surface area contributed by atoms with Crippen LogP contribution in [0.5, 0.6) is 5.88 Å². The Hall–Kier alpha value is -4.08. The number of carbonyl (C=O) groups excluding carboxylic acids is 1. The van der Waals surface area contributed by atoms with Crippen molar-refractivity contribution < 1.29 is 23.1 Å². The van der Waals surface area contributed by atoms with Crippen LogP contribution < -0.4 is 4.31 Å². The fourth-order valence-electron chi connectivity index (χ4n) is 3.74. The molecule has 37 heavy (non-hydrogen) atoms. The number of hydrogen-bond acceptors (Lipinski definition) is 6. The molecular weight excluding hydrogens is 514 g/mol. The first-order valence-corrected chi connectivity index (χ1v) is 13.3. The molecular formula is C27H24ClN3O5S. The van der Waals surface area contributed by atoms with Crippen LogP contribution in [0.2, 0.25) is 5.02 Å². The number of fused-ring (bicyclic) bond motifs is 1. The molecule has 0 fully saturated rings. The van der Waals surface area contributed by atoms with Gasteiger partial charge >= 0.3 is 5.97 Å². The number of nitrogens with one attached hydrogen (secondary N) is 1. The van der Waals surface area contributed by atoms with Gasteiger partial charge < -0.3 is 14.8 Å². The highest BCUT2D eigenvalue weighted by Gasteiger charge is 2.19. The predicted octanol–water partition coefficient (Wildman–Crippen LogP) is 5.28. The number of ether oxygens (including phenoxy) is 1. The Balaban J connectivity index is 1.87. The van der Waals surface area contributed by atoms with E-state index in [0.717, 1.165) is 11.8 Å². The van der Waals surface area contributed by atoms with Crippen molar-refractivity contribution in [2.24, 2.45) is 4.99 Å². The molecule has 10 heteroatoms. The number of anilines is 1. The molecule has 1 aromatic heterocycles. The zero-order valence-corrected chi connectivity index (χ0v) is 21.8. The van der Waals surface area contributed by atoms with E-state index in [4.69, 9.17) is 16.6 Å². The number of sulfonamides is 1. The van der Waals surface area contributed by atoms with Crippen LogP contribution in [0, 0.1) is 0 Å². The molecule has 4 aromatic rings. The van der Waals surface area contributed by atoms with E-state index in [1.807, 2.05) is 24.3 Å². The SMILES string of the molecule is COC(=O)C=Cc1cccc(C(=Nc2ccc(N(C)S(C)(=O)=O)cc2)c2c(O)[nH]c3cc(Cl)ccc23)c1. The van der Waals surface area contributed by atoms with E-state index < -0.39 is 16.0 Å². The molecule has 190 valence electrons. The quantitative estimate of drug-likeness (QED) is 0.189. The van der Waals surface area contributed by atoms with Crippen molar-refractivity contribution in [2.75, 3.05) is 24.7 Å². The number of carbonyl (C=O) groups is 1. The third-order valence-corrected chi connectivity index (χ3v) is 7.14. The molecule has 0 aliphatic carbocycles. The number of esters is 1. The Labute approximate surface area is 219 Å². The van der Waals surface area contributed by atoms with Gasteiger partial charge in [0.15, 0.2) is 5.88 Å². The van der Waals surface area contributed by atoms with Crippen molar-refractivity contribution in [1.29, 1.82) is 0 Å². The van der Waals surface area contributed by atoms with E-state index in [-0.39, 0.29) is 5.88 Å². The summed E-state index contributed by atoms with van der Waals surface area (Å²) in [5.74, 6) is -0.565. The molecule has 2 N–H and O–H groups in total. The van der Waals surface area contributed by atoms with Crippen LogP contribution in [0.1, 0.15) is 16.7 Å². The number of aromatic nitrogens is 1. The number of halogens is 1. The number of rotatable bonds is 7. The lowest BCUT2D eigenvalue weighted by Gasteiger charge is -2.16. The van der Waals surface area contributed by atoms with E-state index in [9.17, 15) is 18.3 Å². The van der Waals surface area contributed by atoms with Crippen molar-refractivity contribution in [2.45, 2.75) is 0 Å². The van der Waals surface area contributed by atoms with Crippen LogP contribution in [-0.2, 0) is 19.6 Å². The maximum atomic E-state index is 11.9. The molecule has 0 radical (unpaired) electrons. The summed E-state index contributed by atoms with van der Waals surface area (Å²) in [6, 6.07) is 19.2. The van der Waals surface area contributed by atoms with Gasteiger partial charge in [-0.25, -0.2) is 18.2 Å². The Morgan fingerprint density at radius 3 is 2.51 bits per heavy atom. The topological polar surface area (TPSA) is 112 Å². The standard InChI is InChI=1S/C27H24ClN3O5S/c1-31(37(3,34)35)21-11-9-20(10-12-21)29-26(18-6-4-5-17(15-18)7-14-24(32)36-2)25-22-13-8-19(28)16-23(22)30-27(25)33/h4-16,30,33H,1-3H3. The molecule has 0 amide bonds. The second-order valence-electron chi connectivity index (χ2n) is 8.23. The first-order chi connectivity index (χ1) is 17.6. The maximum absolute atomic E-state index is 11.9. The van der Waals surface area contributed by atoms with E-state index in [1.54, 1.807) is 48.5 Å². The number of hydrogen-bond donors (Lipinski definition) is 2. The molecule has 0 spiro atoms. The minimum atomic E-state index is -3.41. The third-order valence-electron chi connectivity index (χ3n) is 5.70. The Morgan fingerprint density at radius 1 is 1.11 bits per heavy atom. The van der Waals surface area contributed by atoms with Gasteiger partial charge in [-0.2, -0.15) is 0 Å². The molecule has 1 heterocycles. The van der Waals surface area contributed by atoms with E-state index in [0.29, 0.717) is 44.1 Å². The summed E-state index contributed by atoms with van der Waals surface area (Å²) in [5.41, 5.74) is 4.00. The fraction of sp³-hybridized carbons (Fsp3) is 0.111. The molecule has 0 aliphatic heterocycles. The van der Waals surface area contributed by atoms with Crippen molar-refractivity contribution in [3.05, 3.63) is 94.5 Å². The number of aromatic amines is 1. The zero-order chi connectivity index (χ0) is 26.7. The summed E-state index contributed by atoms with van der Waals surface area (Å²) >= 11 is 6.15. The monoisotopic (exact) mass is 537 g/mol.